The van der Waals surface area contributed by atoms with E-state index in [1.54, 1.807) is 46.0 Å². The molecule has 9 nitrogen and oxygen atoms in total. The quantitative estimate of drug-likeness (QED) is 0.476. The maximum atomic E-state index is 12.4. The fourth-order valence-electron chi connectivity index (χ4n) is 3.41. The van der Waals surface area contributed by atoms with Crippen molar-refractivity contribution in [2.24, 2.45) is 5.92 Å². The molecule has 174 valence electrons. The molecule has 1 aliphatic rings. The van der Waals surface area contributed by atoms with Crippen LogP contribution >= 0.6 is 0 Å². The first-order valence-electron chi connectivity index (χ1n) is 10.4. The Labute approximate surface area is 184 Å². The molecule has 1 aromatic carbocycles. The van der Waals surface area contributed by atoms with Crippen LogP contribution in [0.25, 0.3) is 0 Å². The van der Waals surface area contributed by atoms with Crippen LogP contribution < -0.4 is 20.1 Å². The molecule has 0 aromatic heterocycles. The third-order valence-corrected chi connectivity index (χ3v) is 5.10. The Balaban J connectivity index is 1.82. The number of aliphatic hydroxyl groups is 1. The van der Waals surface area contributed by atoms with Crippen molar-refractivity contribution < 1.29 is 28.9 Å². The van der Waals surface area contributed by atoms with Crippen LogP contribution in [0.2, 0.25) is 0 Å². The van der Waals surface area contributed by atoms with Gasteiger partial charge in [-0.2, -0.15) is 0 Å². The van der Waals surface area contributed by atoms with Gasteiger partial charge < -0.3 is 34.9 Å². The molecule has 2 rings (SSSR count). The van der Waals surface area contributed by atoms with E-state index in [0.29, 0.717) is 24.6 Å². The number of β-lactam (4-membered cyclic amide) rings is 1. The number of amides is 2. The highest BCUT2D eigenvalue weighted by Gasteiger charge is 2.43. The average molecular weight is 438 g/mol. The number of aliphatic hydroxyl groups excluding tert-OH is 1. The summed E-state index contributed by atoms with van der Waals surface area (Å²) in [6, 6.07) is 5.53. The van der Waals surface area contributed by atoms with E-state index in [2.05, 4.69) is 10.6 Å². The predicted octanol–water partition coefficient (Wildman–Crippen LogP) is 1.53. The Morgan fingerprint density at radius 3 is 2.55 bits per heavy atom. The predicted molar refractivity (Wildman–Crippen MR) is 116 cm³/mol. The lowest BCUT2D eigenvalue weighted by Crippen LogP contribution is -2.63. The SMILES string of the molecule is COc1ccc(CN2C(=O)[C@@H](C)[C@H]2CNC[C@H](O)CNC(=O)OC(C)(C)C)c(OC)c1. The summed E-state index contributed by atoms with van der Waals surface area (Å²) in [5.74, 6) is 1.34. The second kappa shape index (κ2) is 10.7. The third kappa shape index (κ3) is 7.00. The van der Waals surface area contributed by atoms with Crippen molar-refractivity contribution in [3.05, 3.63) is 23.8 Å². The number of benzene rings is 1. The lowest BCUT2D eigenvalue weighted by atomic mass is 9.88. The number of rotatable bonds is 10. The van der Waals surface area contributed by atoms with Gasteiger partial charge in [0.25, 0.3) is 0 Å². The van der Waals surface area contributed by atoms with Crippen LogP contribution in [0.3, 0.4) is 0 Å². The van der Waals surface area contributed by atoms with E-state index >= 15 is 0 Å². The highest BCUT2D eigenvalue weighted by molar-refractivity contribution is 5.85. The minimum Gasteiger partial charge on any atom is -0.497 e. The van der Waals surface area contributed by atoms with Gasteiger partial charge >= 0.3 is 6.09 Å². The molecule has 0 aliphatic carbocycles. The number of nitrogens with zero attached hydrogens (tertiary/aromatic N) is 1. The zero-order chi connectivity index (χ0) is 23.2. The van der Waals surface area contributed by atoms with E-state index in [9.17, 15) is 14.7 Å². The zero-order valence-corrected chi connectivity index (χ0v) is 19.2. The molecule has 0 saturated carbocycles. The Morgan fingerprint density at radius 1 is 1.23 bits per heavy atom. The number of carbonyl (C=O) groups excluding carboxylic acids is 2. The molecule has 0 spiro atoms. The van der Waals surface area contributed by atoms with Gasteiger partial charge in [0.05, 0.1) is 32.3 Å². The standard InChI is InChI=1S/C22H35N3O6/c1-14-18(12-23-10-16(26)11-24-21(28)31-22(2,3)4)25(20(14)27)13-15-7-8-17(29-5)9-19(15)30-6/h7-9,14,16,18,23,26H,10-13H2,1-6H3,(H,24,28)/t14-,16-,18+/m0/s1. The molecule has 1 aromatic rings. The van der Waals surface area contributed by atoms with Gasteiger partial charge in [-0.25, -0.2) is 4.79 Å². The molecule has 1 aliphatic heterocycles. The minimum atomic E-state index is -0.770. The Kier molecular flexibility index (Phi) is 8.52. The van der Waals surface area contributed by atoms with Gasteiger partial charge in [0, 0.05) is 37.8 Å². The van der Waals surface area contributed by atoms with Crippen molar-refractivity contribution in [2.75, 3.05) is 33.9 Å². The van der Waals surface area contributed by atoms with Gasteiger partial charge in [-0.3, -0.25) is 4.79 Å². The van der Waals surface area contributed by atoms with Gasteiger partial charge in [-0.1, -0.05) is 6.92 Å². The molecule has 31 heavy (non-hydrogen) atoms. The number of methoxy groups -OCH3 is 2. The minimum absolute atomic E-state index is 0.00493. The Morgan fingerprint density at radius 2 is 1.94 bits per heavy atom. The molecule has 0 radical (unpaired) electrons. The topological polar surface area (TPSA) is 109 Å². The van der Waals surface area contributed by atoms with Crippen LogP contribution in [0.5, 0.6) is 11.5 Å². The summed E-state index contributed by atoms with van der Waals surface area (Å²) in [7, 11) is 3.18. The zero-order valence-electron chi connectivity index (χ0n) is 19.2. The number of nitrogens with one attached hydrogen (secondary N) is 2. The average Bonchev–Trinajstić information content (AvgIpc) is 2.72. The monoisotopic (exact) mass is 437 g/mol. The number of likely N-dealkylation sites (tertiary alicyclic amines) is 1. The van der Waals surface area contributed by atoms with Crippen LogP contribution in [0, 0.1) is 5.92 Å². The Hall–Kier alpha value is -2.52. The molecule has 0 unspecified atom stereocenters. The molecule has 2 amide bonds. The molecule has 1 saturated heterocycles. The summed E-state index contributed by atoms with van der Waals surface area (Å²) in [5, 5.41) is 15.8. The second-order valence-corrected chi connectivity index (χ2v) is 8.69. The lowest BCUT2D eigenvalue weighted by molar-refractivity contribution is -0.155. The first-order valence-corrected chi connectivity index (χ1v) is 10.4. The number of alkyl carbamates (subject to hydrolysis) is 1. The van der Waals surface area contributed by atoms with Crippen molar-refractivity contribution in [1.29, 1.82) is 0 Å². The first kappa shape index (κ1) is 24.7. The van der Waals surface area contributed by atoms with E-state index in [0.717, 1.165) is 5.56 Å². The van der Waals surface area contributed by atoms with Crippen LogP contribution in [0.4, 0.5) is 4.79 Å². The maximum Gasteiger partial charge on any atom is 0.407 e. The smallest absolute Gasteiger partial charge is 0.407 e. The fraction of sp³-hybridized carbons (Fsp3) is 0.636. The van der Waals surface area contributed by atoms with Crippen LogP contribution in [-0.2, 0) is 16.1 Å². The lowest BCUT2D eigenvalue weighted by Gasteiger charge is -2.46. The van der Waals surface area contributed by atoms with Gasteiger partial charge in [0.2, 0.25) is 5.91 Å². The second-order valence-electron chi connectivity index (χ2n) is 8.69. The van der Waals surface area contributed by atoms with E-state index in [1.165, 1.54) is 0 Å². The Bertz CT molecular complexity index is 764. The fourth-order valence-corrected chi connectivity index (χ4v) is 3.41. The summed E-state index contributed by atoms with van der Waals surface area (Å²) in [6.07, 6.45) is -1.34. The van der Waals surface area contributed by atoms with Crippen molar-refractivity contribution >= 4 is 12.0 Å². The van der Waals surface area contributed by atoms with Crippen molar-refractivity contribution in [3.8, 4) is 11.5 Å². The van der Waals surface area contributed by atoms with E-state index in [-0.39, 0.29) is 31.0 Å². The van der Waals surface area contributed by atoms with Crippen LogP contribution in [-0.4, -0.2) is 73.6 Å². The van der Waals surface area contributed by atoms with E-state index in [4.69, 9.17) is 14.2 Å². The highest BCUT2D eigenvalue weighted by atomic mass is 16.6. The molecule has 0 bridgehead atoms. The number of hydrogen-bond donors (Lipinski definition) is 3. The molecular weight excluding hydrogens is 402 g/mol. The normalized spacial score (nSPS) is 19.5. The molecular formula is C22H35N3O6. The summed E-state index contributed by atoms with van der Waals surface area (Å²) >= 11 is 0. The van der Waals surface area contributed by atoms with Crippen LogP contribution in [0.15, 0.2) is 18.2 Å². The highest BCUT2D eigenvalue weighted by Crippen LogP contribution is 2.32. The summed E-state index contributed by atoms with van der Waals surface area (Å²) in [6.45, 7) is 8.56. The molecule has 3 atom stereocenters. The summed E-state index contributed by atoms with van der Waals surface area (Å²) < 4.78 is 15.8. The molecule has 9 heteroatoms. The van der Waals surface area contributed by atoms with Crippen molar-refractivity contribution in [3.63, 3.8) is 0 Å². The van der Waals surface area contributed by atoms with Crippen molar-refractivity contribution in [1.82, 2.24) is 15.5 Å². The van der Waals surface area contributed by atoms with E-state index < -0.39 is 17.8 Å². The van der Waals surface area contributed by atoms with Crippen LogP contribution in [0.1, 0.15) is 33.3 Å². The largest absolute Gasteiger partial charge is 0.497 e. The number of carbonyl (C=O) groups is 2. The van der Waals surface area contributed by atoms with E-state index in [1.807, 2.05) is 19.1 Å². The van der Waals surface area contributed by atoms with Gasteiger partial charge in [0.1, 0.15) is 17.1 Å². The maximum absolute atomic E-state index is 12.4. The number of ether oxygens (including phenoxy) is 3. The van der Waals surface area contributed by atoms with Gasteiger partial charge in [0.15, 0.2) is 0 Å². The molecule has 3 N–H and O–H groups in total. The number of hydrogen-bond acceptors (Lipinski definition) is 7. The third-order valence-electron chi connectivity index (χ3n) is 5.10. The van der Waals surface area contributed by atoms with Gasteiger partial charge in [-0.15, -0.1) is 0 Å². The summed E-state index contributed by atoms with van der Waals surface area (Å²) in [5.41, 5.74) is 0.311. The first-order chi connectivity index (χ1) is 14.6. The van der Waals surface area contributed by atoms with Crippen molar-refractivity contribution in [2.45, 2.75) is 52.0 Å². The van der Waals surface area contributed by atoms with Gasteiger partial charge in [-0.05, 0) is 32.9 Å². The summed E-state index contributed by atoms with van der Waals surface area (Å²) in [4.78, 5) is 25.9. The molecule has 1 fully saturated rings. The molecule has 1 heterocycles.